The fourth-order valence-corrected chi connectivity index (χ4v) is 5.16. The summed E-state index contributed by atoms with van der Waals surface area (Å²) in [5, 5.41) is 4.65. The van der Waals surface area contributed by atoms with Crippen LogP contribution in [-0.4, -0.2) is 24.2 Å². The molecule has 3 heterocycles. The molecule has 3 nitrogen and oxygen atoms in total. The Morgan fingerprint density at radius 1 is 1.35 bits per heavy atom. The van der Waals surface area contributed by atoms with Crippen molar-refractivity contribution in [2.75, 3.05) is 19.8 Å². The first kappa shape index (κ1) is 18.3. The molecule has 0 spiro atoms. The third kappa shape index (κ3) is 3.67. The maximum absolute atomic E-state index is 6.61. The lowest BCUT2D eigenvalue weighted by Crippen LogP contribution is -2.28. The van der Waals surface area contributed by atoms with E-state index in [1.54, 1.807) is 0 Å². The van der Waals surface area contributed by atoms with Crippen LogP contribution in [0.3, 0.4) is 0 Å². The van der Waals surface area contributed by atoms with E-state index in [1.165, 1.54) is 36.9 Å². The highest BCUT2D eigenvalue weighted by Gasteiger charge is 2.25. The molecule has 0 aromatic carbocycles. The molecule has 1 saturated carbocycles. The third-order valence-corrected chi connectivity index (χ3v) is 6.68. The van der Waals surface area contributed by atoms with E-state index in [2.05, 4.69) is 35.8 Å². The molecule has 2 fully saturated rings. The Bertz CT molecular complexity index is 750. The van der Waals surface area contributed by atoms with Gasteiger partial charge in [-0.25, -0.2) is 0 Å². The van der Waals surface area contributed by atoms with Gasteiger partial charge in [-0.05, 0) is 68.3 Å². The molecule has 0 amide bonds. The standard InChI is InChI=1S/C22H31ClN2O/c1-15-5-3-6-17(11-15)13-24-16(2)19-12-21(18-8-10-26-14-18)25-9-4-7-20(23)22(19)25/h4,7,9,12,15-18,24H,3,5-6,8,10-11,13-14H2,1-2H3/t15-,16?,17?,18?/m1/s1. The SMILES string of the molecule is CC(NCC1CCC[C@@H](C)C1)c1cc(C2CCOC2)n2cccc(Cl)c12. The summed E-state index contributed by atoms with van der Waals surface area (Å²) in [5.41, 5.74) is 3.82. The van der Waals surface area contributed by atoms with Crippen LogP contribution in [0.5, 0.6) is 0 Å². The van der Waals surface area contributed by atoms with Crippen LogP contribution in [0.1, 0.15) is 69.2 Å². The van der Waals surface area contributed by atoms with Crippen molar-refractivity contribution in [2.45, 2.75) is 57.9 Å². The van der Waals surface area contributed by atoms with Gasteiger partial charge >= 0.3 is 0 Å². The van der Waals surface area contributed by atoms with Crippen LogP contribution in [0.25, 0.3) is 5.52 Å². The number of ether oxygens (including phenoxy) is 1. The molecular formula is C22H31ClN2O. The summed E-state index contributed by atoms with van der Waals surface area (Å²) < 4.78 is 7.92. The Labute approximate surface area is 162 Å². The Hall–Kier alpha value is -1.03. The van der Waals surface area contributed by atoms with Crippen molar-refractivity contribution < 1.29 is 4.74 Å². The van der Waals surface area contributed by atoms with Crippen LogP contribution < -0.4 is 5.32 Å². The molecule has 4 atom stereocenters. The van der Waals surface area contributed by atoms with Gasteiger partial charge in [0.2, 0.25) is 0 Å². The quantitative estimate of drug-likeness (QED) is 0.739. The van der Waals surface area contributed by atoms with E-state index in [0.29, 0.717) is 12.0 Å². The Morgan fingerprint density at radius 3 is 3.00 bits per heavy atom. The molecule has 2 aromatic rings. The van der Waals surface area contributed by atoms with E-state index in [9.17, 15) is 0 Å². The lowest BCUT2D eigenvalue weighted by Gasteiger charge is -2.28. The second kappa shape index (κ2) is 7.92. The molecule has 1 N–H and O–H groups in total. The monoisotopic (exact) mass is 374 g/mol. The van der Waals surface area contributed by atoms with Gasteiger partial charge in [-0.15, -0.1) is 0 Å². The molecule has 26 heavy (non-hydrogen) atoms. The zero-order valence-electron chi connectivity index (χ0n) is 16.0. The molecule has 3 unspecified atom stereocenters. The van der Waals surface area contributed by atoms with Gasteiger partial charge in [-0.2, -0.15) is 0 Å². The molecule has 1 saturated heterocycles. The summed E-state index contributed by atoms with van der Waals surface area (Å²) in [6, 6.07) is 6.71. The maximum Gasteiger partial charge on any atom is 0.0687 e. The van der Waals surface area contributed by atoms with Crippen molar-refractivity contribution in [3.8, 4) is 0 Å². The van der Waals surface area contributed by atoms with Crippen molar-refractivity contribution in [3.05, 3.63) is 40.7 Å². The fraction of sp³-hybridized carbons (Fsp3) is 0.636. The van der Waals surface area contributed by atoms with Crippen LogP contribution in [0.15, 0.2) is 24.4 Å². The number of pyridine rings is 1. The highest BCUT2D eigenvalue weighted by molar-refractivity contribution is 6.34. The Kier molecular flexibility index (Phi) is 5.58. The maximum atomic E-state index is 6.61. The number of hydrogen-bond acceptors (Lipinski definition) is 2. The summed E-state index contributed by atoms with van der Waals surface area (Å²) >= 11 is 6.61. The number of nitrogens with one attached hydrogen (secondary N) is 1. The largest absolute Gasteiger partial charge is 0.381 e. The first-order valence-corrected chi connectivity index (χ1v) is 10.6. The Balaban J connectivity index is 1.56. The van der Waals surface area contributed by atoms with Gasteiger partial charge < -0.3 is 14.5 Å². The number of rotatable bonds is 5. The molecule has 4 heteroatoms. The molecule has 4 rings (SSSR count). The van der Waals surface area contributed by atoms with Crippen LogP contribution in [0.2, 0.25) is 5.02 Å². The third-order valence-electron chi connectivity index (χ3n) is 6.37. The first-order valence-electron chi connectivity index (χ1n) is 10.2. The lowest BCUT2D eigenvalue weighted by atomic mass is 9.82. The van der Waals surface area contributed by atoms with Crippen molar-refractivity contribution in [1.82, 2.24) is 9.72 Å². The van der Waals surface area contributed by atoms with Gasteiger partial charge in [0, 0.05) is 30.5 Å². The molecule has 0 bridgehead atoms. The molecule has 1 aliphatic carbocycles. The predicted octanol–water partition coefficient (Wildman–Crippen LogP) is 5.57. The number of hydrogen-bond donors (Lipinski definition) is 1. The van der Waals surface area contributed by atoms with Gasteiger partial charge in [0.05, 0.1) is 17.1 Å². The van der Waals surface area contributed by atoms with E-state index in [-0.39, 0.29) is 0 Å². The van der Waals surface area contributed by atoms with Crippen molar-refractivity contribution >= 4 is 17.1 Å². The smallest absolute Gasteiger partial charge is 0.0687 e. The molecule has 0 radical (unpaired) electrons. The summed E-state index contributed by atoms with van der Waals surface area (Å²) in [4.78, 5) is 0. The van der Waals surface area contributed by atoms with Crippen molar-refractivity contribution in [2.24, 2.45) is 11.8 Å². The number of aromatic nitrogens is 1. The van der Waals surface area contributed by atoms with Gasteiger partial charge in [0.25, 0.3) is 0 Å². The van der Waals surface area contributed by atoms with E-state index in [0.717, 1.165) is 48.6 Å². The van der Waals surface area contributed by atoms with E-state index in [4.69, 9.17) is 16.3 Å². The second-order valence-electron chi connectivity index (χ2n) is 8.43. The van der Waals surface area contributed by atoms with Gasteiger partial charge in [0.1, 0.15) is 0 Å². The van der Waals surface area contributed by atoms with Crippen LogP contribution >= 0.6 is 11.6 Å². The minimum atomic E-state index is 0.304. The average Bonchev–Trinajstić information content (AvgIpc) is 3.28. The van der Waals surface area contributed by atoms with E-state index in [1.807, 2.05) is 12.1 Å². The molecule has 1 aliphatic heterocycles. The minimum Gasteiger partial charge on any atom is -0.381 e. The highest BCUT2D eigenvalue weighted by Crippen LogP contribution is 2.35. The lowest BCUT2D eigenvalue weighted by molar-refractivity contribution is 0.193. The van der Waals surface area contributed by atoms with E-state index >= 15 is 0 Å². The molecule has 2 aromatic heterocycles. The normalized spacial score (nSPS) is 27.9. The molecule has 2 aliphatic rings. The van der Waals surface area contributed by atoms with Crippen LogP contribution in [0.4, 0.5) is 0 Å². The topological polar surface area (TPSA) is 25.7 Å². The summed E-state index contributed by atoms with van der Waals surface area (Å²) in [6.45, 7) is 7.46. The molecule has 142 valence electrons. The number of nitrogens with zero attached hydrogens (tertiary/aromatic N) is 1. The number of fused-ring (bicyclic) bond motifs is 1. The van der Waals surface area contributed by atoms with E-state index < -0.39 is 0 Å². The van der Waals surface area contributed by atoms with Crippen LogP contribution in [-0.2, 0) is 4.74 Å². The highest BCUT2D eigenvalue weighted by atomic mass is 35.5. The average molecular weight is 375 g/mol. The number of halogens is 1. The minimum absolute atomic E-state index is 0.304. The van der Waals surface area contributed by atoms with Gasteiger partial charge in [-0.1, -0.05) is 31.4 Å². The summed E-state index contributed by atoms with van der Waals surface area (Å²) in [6.07, 6.45) is 8.76. The second-order valence-corrected chi connectivity index (χ2v) is 8.83. The predicted molar refractivity (Wildman–Crippen MR) is 108 cm³/mol. The van der Waals surface area contributed by atoms with Gasteiger partial charge in [0.15, 0.2) is 0 Å². The fourth-order valence-electron chi connectivity index (χ4n) is 4.88. The Morgan fingerprint density at radius 2 is 2.23 bits per heavy atom. The first-order chi connectivity index (χ1) is 12.6. The summed E-state index contributed by atoms with van der Waals surface area (Å²) in [7, 11) is 0. The van der Waals surface area contributed by atoms with Crippen molar-refractivity contribution in [1.29, 1.82) is 0 Å². The van der Waals surface area contributed by atoms with Crippen LogP contribution in [0, 0.1) is 11.8 Å². The zero-order valence-corrected chi connectivity index (χ0v) is 16.8. The summed E-state index contributed by atoms with van der Waals surface area (Å²) in [5.74, 6) is 2.17. The zero-order chi connectivity index (χ0) is 18.1. The molecular weight excluding hydrogens is 344 g/mol. The van der Waals surface area contributed by atoms with Crippen molar-refractivity contribution in [3.63, 3.8) is 0 Å². The van der Waals surface area contributed by atoms with Gasteiger partial charge in [-0.3, -0.25) is 0 Å².